The highest BCUT2D eigenvalue weighted by atomic mass is 35.5. The lowest BCUT2D eigenvalue weighted by molar-refractivity contribution is 0.101. The minimum absolute atomic E-state index is 0.0324. The van der Waals surface area contributed by atoms with Crippen molar-refractivity contribution in [2.45, 2.75) is 13.3 Å². The lowest BCUT2D eigenvalue weighted by Crippen LogP contribution is -2.15. The number of ether oxygens (including phenoxy) is 1. The third-order valence-corrected chi connectivity index (χ3v) is 5.00. The average Bonchev–Trinajstić information content (AvgIpc) is 3.39. The highest BCUT2D eigenvalue weighted by Gasteiger charge is 2.13. The van der Waals surface area contributed by atoms with Crippen LogP contribution >= 0.6 is 34.8 Å². The second-order valence-corrected chi connectivity index (χ2v) is 7.66. The Bertz CT molecular complexity index is 1190. The van der Waals surface area contributed by atoms with Crippen molar-refractivity contribution in [3.63, 3.8) is 0 Å². The summed E-state index contributed by atoms with van der Waals surface area (Å²) in [6.07, 6.45) is 3.14. The molecule has 4 rings (SSSR count). The molecular formula is C20H15Cl3N6O2. The minimum Gasteiger partial charge on any atom is -0.468 e. The molecule has 158 valence electrons. The lowest BCUT2D eigenvalue weighted by Gasteiger charge is -2.09. The summed E-state index contributed by atoms with van der Waals surface area (Å²) in [5.74, 6) is 0.0779. The SMILES string of the molecule is O=C(Nc1ncn(Cc2ccc(Cl)cc2)n1)c1ccn(COc2c(Cl)cccc2Cl)n1. The maximum absolute atomic E-state index is 12.4. The van der Waals surface area contributed by atoms with Gasteiger partial charge in [-0.3, -0.25) is 10.1 Å². The number of para-hydroxylation sites is 1. The number of halogens is 3. The summed E-state index contributed by atoms with van der Waals surface area (Å²) in [4.78, 5) is 16.5. The monoisotopic (exact) mass is 476 g/mol. The normalized spacial score (nSPS) is 10.8. The number of rotatable bonds is 7. The second kappa shape index (κ2) is 9.38. The molecule has 0 unspecified atom stereocenters. The van der Waals surface area contributed by atoms with Crippen molar-refractivity contribution in [3.8, 4) is 5.75 Å². The predicted octanol–water partition coefficient (Wildman–Crippen LogP) is 4.77. The minimum atomic E-state index is -0.446. The Labute approximate surface area is 192 Å². The van der Waals surface area contributed by atoms with Crippen LogP contribution in [0.25, 0.3) is 0 Å². The van der Waals surface area contributed by atoms with Crippen molar-refractivity contribution < 1.29 is 9.53 Å². The standard InChI is InChI=1S/C20H15Cl3N6O2/c21-14-6-4-13(5-7-14)10-29-11-24-20(27-29)25-19(30)17-8-9-28(26-17)12-31-18-15(22)2-1-3-16(18)23/h1-9,11H,10,12H2,(H,25,27,30). The van der Waals surface area contributed by atoms with Crippen molar-refractivity contribution in [2.24, 2.45) is 0 Å². The van der Waals surface area contributed by atoms with Crippen LogP contribution in [0.1, 0.15) is 16.1 Å². The van der Waals surface area contributed by atoms with Gasteiger partial charge in [-0.25, -0.2) is 14.3 Å². The fourth-order valence-corrected chi connectivity index (χ4v) is 3.31. The molecule has 0 saturated carbocycles. The van der Waals surface area contributed by atoms with Gasteiger partial charge in [-0.2, -0.15) is 5.10 Å². The first-order valence-corrected chi connectivity index (χ1v) is 10.2. The maximum Gasteiger partial charge on any atom is 0.278 e. The molecule has 0 aliphatic carbocycles. The number of carbonyl (C=O) groups excluding carboxylic acids is 1. The number of nitrogens with zero attached hydrogens (tertiary/aromatic N) is 5. The van der Waals surface area contributed by atoms with Crippen molar-refractivity contribution >= 4 is 46.7 Å². The van der Waals surface area contributed by atoms with Crippen LogP contribution in [0.5, 0.6) is 5.75 Å². The molecule has 0 aliphatic heterocycles. The van der Waals surface area contributed by atoms with Crippen LogP contribution in [0.4, 0.5) is 5.95 Å². The van der Waals surface area contributed by atoms with Crippen LogP contribution in [-0.2, 0) is 13.3 Å². The van der Waals surface area contributed by atoms with E-state index >= 15 is 0 Å². The van der Waals surface area contributed by atoms with Gasteiger partial charge in [0.1, 0.15) is 6.33 Å². The van der Waals surface area contributed by atoms with E-state index in [4.69, 9.17) is 39.5 Å². The van der Waals surface area contributed by atoms with Gasteiger partial charge < -0.3 is 4.74 Å². The zero-order chi connectivity index (χ0) is 21.8. The van der Waals surface area contributed by atoms with Crippen molar-refractivity contribution in [2.75, 3.05) is 5.32 Å². The molecule has 0 spiro atoms. The molecule has 1 N–H and O–H groups in total. The van der Waals surface area contributed by atoms with Crippen molar-refractivity contribution in [3.05, 3.63) is 87.4 Å². The second-order valence-electron chi connectivity index (χ2n) is 6.41. The summed E-state index contributed by atoms with van der Waals surface area (Å²) < 4.78 is 8.66. The predicted molar refractivity (Wildman–Crippen MR) is 118 cm³/mol. The number of benzene rings is 2. The quantitative estimate of drug-likeness (QED) is 0.414. The number of hydrogen-bond donors (Lipinski definition) is 1. The summed E-state index contributed by atoms with van der Waals surface area (Å²) in [5, 5.41) is 12.5. The third kappa shape index (κ3) is 5.35. The molecule has 0 aliphatic rings. The van der Waals surface area contributed by atoms with Gasteiger partial charge >= 0.3 is 0 Å². The van der Waals surface area contributed by atoms with Gasteiger partial charge in [0, 0.05) is 11.2 Å². The number of aromatic nitrogens is 5. The molecule has 31 heavy (non-hydrogen) atoms. The van der Waals surface area contributed by atoms with Gasteiger partial charge in [0.05, 0.1) is 16.6 Å². The van der Waals surface area contributed by atoms with Gasteiger partial charge in [-0.05, 0) is 35.9 Å². The first-order valence-electron chi connectivity index (χ1n) is 9.03. The van der Waals surface area contributed by atoms with E-state index in [9.17, 15) is 4.79 Å². The third-order valence-electron chi connectivity index (χ3n) is 4.15. The van der Waals surface area contributed by atoms with Crippen molar-refractivity contribution in [1.29, 1.82) is 0 Å². The molecule has 0 atom stereocenters. The van der Waals surface area contributed by atoms with E-state index in [2.05, 4.69) is 20.5 Å². The maximum atomic E-state index is 12.4. The Kier molecular flexibility index (Phi) is 6.41. The van der Waals surface area contributed by atoms with Crippen LogP contribution in [0.15, 0.2) is 61.1 Å². The van der Waals surface area contributed by atoms with Crippen LogP contribution in [0.2, 0.25) is 15.1 Å². The summed E-state index contributed by atoms with van der Waals surface area (Å²) in [5.41, 5.74) is 1.19. The fourth-order valence-electron chi connectivity index (χ4n) is 2.68. The Balaban J connectivity index is 1.35. The zero-order valence-electron chi connectivity index (χ0n) is 15.9. The van der Waals surface area contributed by atoms with Gasteiger partial charge in [0.15, 0.2) is 18.2 Å². The topological polar surface area (TPSA) is 86.9 Å². The van der Waals surface area contributed by atoms with Crippen LogP contribution in [0, 0.1) is 0 Å². The van der Waals surface area contributed by atoms with E-state index in [1.54, 1.807) is 47.3 Å². The smallest absolute Gasteiger partial charge is 0.278 e. The van der Waals surface area contributed by atoms with Gasteiger partial charge in [-0.15, -0.1) is 5.10 Å². The van der Waals surface area contributed by atoms with E-state index in [1.807, 2.05) is 12.1 Å². The molecule has 0 fully saturated rings. The molecule has 1 amide bonds. The first kappa shape index (κ1) is 21.2. The van der Waals surface area contributed by atoms with Gasteiger partial charge in [0.2, 0.25) is 5.95 Å². The molecule has 11 heteroatoms. The number of amides is 1. The van der Waals surface area contributed by atoms with Gasteiger partial charge in [-0.1, -0.05) is 53.0 Å². The fraction of sp³-hybridized carbons (Fsp3) is 0.100. The molecule has 0 bridgehead atoms. The number of carbonyl (C=O) groups is 1. The highest BCUT2D eigenvalue weighted by Crippen LogP contribution is 2.32. The average molecular weight is 478 g/mol. The molecule has 2 aromatic heterocycles. The Hall–Kier alpha value is -3.07. The van der Waals surface area contributed by atoms with Gasteiger partial charge in [0.25, 0.3) is 5.91 Å². The van der Waals surface area contributed by atoms with E-state index in [-0.39, 0.29) is 18.4 Å². The molecule has 0 saturated heterocycles. The Morgan fingerprint density at radius 3 is 2.45 bits per heavy atom. The Morgan fingerprint density at radius 1 is 0.968 bits per heavy atom. The lowest BCUT2D eigenvalue weighted by atomic mass is 10.2. The molecule has 4 aromatic rings. The molecule has 0 radical (unpaired) electrons. The first-order chi connectivity index (χ1) is 15.0. The summed E-state index contributed by atoms with van der Waals surface area (Å²) in [6.45, 7) is 0.529. The summed E-state index contributed by atoms with van der Waals surface area (Å²) >= 11 is 18.0. The highest BCUT2D eigenvalue weighted by molar-refractivity contribution is 6.37. The van der Waals surface area contributed by atoms with Crippen LogP contribution in [-0.4, -0.2) is 30.5 Å². The molecule has 2 heterocycles. The van der Waals surface area contributed by atoms with Crippen LogP contribution in [0.3, 0.4) is 0 Å². The largest absolute Gasteiger partial charge is 0.468 e. The molecule has 2 aromatic carbocycles. The molecule has 8 nitrogen and oxygen atoms in total. The van der Waals surface area contributed by atoms with E-state index in [0.717, 1.165) is 5.56 Å². The number of hydrogen-bond acceptors (Lipinski definition) is 5. The summed E-state index contributed by atoms with van der Waals surface area (Å²) in [6, 6.07) is 14.0. The number of anilines is 1. The zero-order valence-corrected chi connectivity index (χ0v) is 18.1. The Morgan fingerprint density at radius 2 is 1.71 bits per heavy atom. The number of nitrogens with one attached hydrogen (secondary N) is 1. The summed E-state index contributed by atoms with van der Waals surface area (Å²) in [7, 11) is 0. The van der Waals surface area contributed by atoms with E-state index < -0.39 is 5.91 Å². The van der Waals surface area contributed by atoms with Crippen molar-refractivity contribution in [1.82, 2.24) is 24.5 Å². The van der Waals surface area contributed by atoms with E-state index in [1.165, 1.54) is 11.0 Å². The molecular weight excluding hydrogens is 463 g/mol. The van der Waals surface area contributed by atoms with E-state index in [0.29, 0.717) is 27.4 Å². The van der Waals surface area contributed by atoms with Crippen LogP contribution < -0.4 is 10.1 Å².